The third kappa shape index (κ3) is 3.27. The number of aromatic nitrogens is 1. The van der Waals surface area contributed by atoms with Crippen LogP contribution in [-0.2, 0) is 6.61 Å². The first-order valence-corrected chi connectivity index (χ1v) is 7.94. The summed E-state index contributed by atoms with van der Waals surface area (Å²) < 4.78 is 0. The minimum Gasteiger partial charge on any atom is -0.391 e. The van der Waals surface area contributed by atoms with Gasteiger partial charge in [-0.25, -0.2) is 4.98 Å². The summed E-state index contributed by atoms with van der Waals surface area (Å²) in [6.45, 7) is 13.1. The molecular weight excluding hydrogens is 258 g/mol. The minimum absolute atomic E-state index is 0.108. The van der Waals surface area contributed by atoms with E-state index in [-0.39, 0.29) is 6.61 Å². The number of nitrogens with zero attached hydrogens (tertiary/aromatic N) is 3. The summed E-state index contributed by atoms with van der Waals surface area (Å²) >= 11 is 1.65. The first kappa shape index (κ1) is 14.8. The van der Waals surface area contributed by atoms with E-state index in [4.69, 9.17) is 4.98 Å². The third-order valence-electron chi connectivity index (χ3n) is 3.72. The number of piperazine rings is 1. The van der Waals surface area contributed by atoms with Crippen molar-refractivity contribution in [1.82, 2.24) is 9.88 Å². The van der Waals surface area contributed by atoms with Crippen molar-refractivity contribution in [2.24, 2.45) is 0 Å². The number of anilines is 1. The molecule has 19 heavy (non-hydrogen) atoms. The summed E-state index contributed by atoms with van der Waals surface area (Å²) in [4.78, 5) is 10.6. The van der Waals surface area contributed by atoms with Crippen molar-refractivity contribution in [3.8, 4) is 0 Å². The zero-order valence-corrected chi connectivity index (χ0v) is 13.2. The Hall–Kier alpha value is -0.650. The van der Waals surface area contributed by atoms with Crippen LogP contribution in [0, 0.1) is 0 Å². The van der Waals surface area contributed by atoms with E-state index in [0.717, 1.165) is 41.9 Å². The number of aliphatic hydroxyl groups is 1. The smallest absolute Gasteiger partial charge is 0.185 e. The largest absolute Gasteiger partial charge is 0.391 e. The van der Waals surface area contributed by atoms with Gasteiger partial charge in [-0.15, -0.1) is 0 Å². The summed E-state index contributed by atoms with van der Waals surface area (Å²) in [5.74, 6) is 0.379. The Kier molecular flexibility index (Phi) is 4.81. The van der Waals surface area contributed by atoms with Gasteiger partial charge in [0.15, 0.2) is 5.13 Å². The van der Waals surface area contributed by atoms with E-state index in [1.807, 2.05) is 0 Å². The van der Waals surface area contributed by atoms with Crippen LogP contribution in [-0.4, -0.2) is 47.2 Å². The molecule has 0 radical (unpaired) electrons. The fourth-order valence-corrected chi connectivity index (χ4v) is 3.61. The minimum atomic E-state index is 0.108. The Labute approximate surface area is 120 Å². The maximum atomic E-state index is 9.44. The van der Waals surface area contributed by atoms with Gasteiger partial charge in [0.2, 0.25) is 0 Å². The summed E-state index contributed by atoms with van der Waals surface area (Å²) in [7, 11) is 0. The first-order chi connectivity index (χ1) is 9.02. The molecular formula is C14H25N3OS. The SMILES string of the molecule is CC(C)c1nc(N2CCN(C(C)C)CC2)sc1CO. The Morgan fingerprint density at radius 2 is 1.79 bits per heavy atom. The Morgan fingerprint density at radius 3 is 2.21 bits per heavy atom. The van der Waals surface area contributed by atoms with Gasteiger partial charge in [0.1, 0.15) is 0 Å². The maximum Gasteiger partial charge on any atom is 0.185 e. The van der Waals surface area contributed by atoms with Gasteiger partial charge >= 0.3 is 0 Å². The summed E-state index contributed by atoms with van der Waals surface area (Å²) in [5.41, 5.74) is 1.06. The van der Waals surface area contributed by atoms with Crippen molar-refractivity contribution in [3.05, 3.63) is 10.6 Å². The van der Waals surface area contributed by atoms with E-state index < -0.39 is 0 Å². The number of rotatable bonds is 4. The lowest BCUT2D eigenvalue weighted by molar-refractivity contribution is 0.209. The first-order valence-electron chi connectivity index (χ1n) is 7.12. The van der Waals surface area contributed by atoms with E-state index in [1.165, 1.54) is 0 Å². The number of hydrogen-bond donors (Lipinski definition) is 1. The van der Waals surface area contributed by atoms with E-state index in [2.05, 4.69) is 37.5 Å². The predicted octanol–water partition coefficient (Wildman–Crippen LogP) is 2.29. The van der Waals surface area contributed by atoms with Gasteiger partial charge in [0.25, 0.3) is 0 Å². The second-order valence-corrected chi connectivity index (χ2v) is 6.80. The zero-order valence-electron chi connectivity index (χ0n) is 12.4. The summed E-state index contributed by atoms with van der Waals surface area (Å²) in [5, 5.41) is 10.5. The van der Waals surface area contributed by atoms with Crippen molar-refractivity contribution >= 4 is 16.5 Å². The fraction of sp³-hybridized carbons (Fsp3) is 0.786. The van der Waals surface area contributed by atoms with E-state index >= 15 is 0 Å². The molecule has 2 rings (SSSR count). The van der Waals surface area contributed by atoms with Crippen LogP contribution in [0.15, 0.2) is 0 Å². The molecule has 1 N–H and O–H groups in total. The van der Waals surface area contributed by atoms with Gasteiger partial charge in [-0.1, -0.05) is 25.2 Å². The average molecular weight is 283 g/mol. The topological polar surface area (TPSA) is 39.6 Å². The summed E-state index contributed by atoms with van der Waals surface area (Å²) in [6.07, 6.45) is 0. The van der Waals surface area contributed by atoms with E-state index in [9.17, 15) is 5.11 Å². The highest BCUT2D eigenvalue weighted by Gasteiger charge is 2.23. The molecule has 1 fully saturated rings. The molecule has 0 amide bonds. The van der Waals surface area contributed by atoms with Crippen LogP contribution in [0.3, 0.4) is 0 Å². The van der Waals surface area contributed by atoms with Crippen molar-refractivity contribution in [1.29, 1.82) is 0 Å². The average Bonchev–Trinajstić information content (AvgIpc) is 2.83. The lowest BCUT2D eigenvalue weighted by atomic mass is 10.1. The van der Waals surface area contributed by atoms with Crippen molar-refractivity contribution in [2.45, 2.75) is 46.3 Å². The van der Waals surface area contributed by atoms with Gasteiger partial charge < -0.3 is 10.0 Å². The molecule has 1 aromatic heterocycles. The molecule has 0 aromatic carbocycles. The van der Waals surface area contributed by atoms with Crippen molar-refractivity contribution in [2.75, 3.05) is 31.1 Å². The zero-order chi connectivity index (χ0) is 14.0. The van der Waals surface area contributed by atoms with Crippen LogP contribution in [0.4, 0.5) is 5.13 Å². The molecule has 0 aliphatic carbocycles. The van der Waals surface area contributed by atoms with E-state index in [0.29, 0.717) is 12.0 Å². The second-order valence-electron chi connectivity index (χ2n) is 5.73. The molecule has 108 valence electrons. The van der Waals surface area contributed by atoms with Crippen LogP contribution < -0.4 is 4.90 Å². The van der Waals surface area contributed by atoms with Crippen LogP contribution in [0.2, 0.25) is 0 Å². The normalized spacial score (nSPS) is 17.7. The highest BCUT2D eigenvalue weighted by Crippen LogP contribution is 2.31. The Bertz CT molecular complexity index is 409. The molecule has 4 nitrogen and oxygen atoms in total. The monoisotopic (exact) mass is 283 g/mol. The second kappa shape index (κ2) is 6.20. The maximum absolute atomic E-state index is 9.44. The lowest BCUT2D eigenvalue weighted by Gasteiger charge is -2.36. The van der Waals surface area contributed by atoms with Gasteiger partial charge in [-0.05, 0) is 19.8 Å². The molecule has 0 atom stereocenters. The molecule has 1 saturated heterocycles. The molecule has 2 heterocycles. The summed E-state index contributed by atoms with van der Waals surface area (Å²) in [6, 6.07) is 0.623. The predicted molar refractivity (Wildman–Crippen MR) is 81.0 cm³/mol. The van der Waals surface area contributed by atoms with Gasteiger partial charge in [-0.3, -0.25) is 4.90 Å². The van der Waals surface area contributed by atoms with Crippen LogP contribution in [0.5, 0.6) is 0 Å². The Balaban J connectivity index is 2.07. The number of hydrogen-bond acceptors (Lipinski definition) is 5. The molecule has 5 heteroatoms. The number of aliphatic hydroxyl groups excluding tert-OH is 1. The molecule has 0 unspecified atom stereocenters. The van der Waals surface area contributed by atoms with E-state index in [1.54, 1.807) is 11.3 Å². The van der Waals surface area contributed by atoms with Gasteiger partial charge in [0.05, 0.1) is 17.2 Å². The van der Waals surface area contributed by atoms with Crippen LogP contribution in [0.1, 0.15) is 44.2 Å². The molecule has 0 spiro atoms. The molecule has 1 aliphatic rings. The molecule has 1 aromatic rings. The third-order valence-corrected chi connectivity index (χ3v) is 4.84. The number of thiazole rings is 1. The molecule has 0 saturated carbocycles. The van der Waals surface area contributed by atoms with Crippen molar-refractivity contribution < 1.29 is 5.11 Å². The Morgan fingerprint density at radius 1 is 1.16 bits per heavy atom. The quantitative estimate of drug-likeness (QED) is 0.920. The van der Waals surface area contributed by atoms with Crippen molar-refractivity contribution in [3.63, 3.8) is 0 Å². The standard InChI is InChI=1S/C14H25N3OS/c1-10(2)13-12(9-18)19-14(15-13)17-7-5-16(6-8-17)11(3)4/h10-11,18H,5-9H2,1-4H3. The highest BCUT2D eigenvalue weighted by molar-refractivity contribution is 7.15. The molecule has 0 bridgehead atoms. The fourth-order valence-electron chi connectivity index (χ4n) is 2.48. The van der Waals surface area contributed by atoms with Gasteiger partial charge in [-0.2, -0.15) is 0 Å². The molecule has 1 aliphatic heterocycles. The van der Waals surface area contributed by atoms with Crippen LogP contribution in [0.25, 0.3) is 0 Å². The van der Waals surface area contributed by atoms with Gasteiger partial charge in [0, 0.05) is 32.2 Å². The van der Waals surface area contributed by atoms with Crippen LogP contribution >= 0.6 is 11.3 Å². The highest BCUT2D eigenvalue weighted by atomic mass is 32.1. The lowest BCUT2D eigenvalue weighted by Crippen LogP contribution is -2.48.